The molecule has 0 atom stereocenters. The molecule has 152 valence electrons. The van der Waals surface area contributed by atoms with E-state index in [0.717, 1.165) is 31.4 Å². The molecule has 1 aromatic carbocycles. The minimum absolute atomic E-state index is 0. The van der Waals surface area contributed by atoms with Crippen molar-refractivity contribution in [3.05, 3.63) is 29.8 Å². The van der Waals surface area contributed by atoms with Gasteiger partial charge in [-0.1, -0.05) is 37.8 Å². The number of primary amides is 1. The molecule has 0 aromatic heterocycles. The lowest BCUT2D eigenvalue weighted by Crippen LogP contribution is -2.38. The predicted octanol–water partition coefficient (Wildman–Crippen LogP) is 2.85. The van der Waals surface area contributed by atoms with Crippen LogP contribution in [0, 0.1) is 5.92 Å². The molecule has 0 bridgehead atoms. The average Bonchev–Trinajstić information content (AvgIpc) is 3.16. The molecule has 0 radical (unpaired) electrons. The normalized spacial score (nSPS) is 14.5. The minimum Gasteiger partial charge on any atom is -0.484 e. The zero-order valence-electron chi connectivity index (χ0n) is 16.2. The van der Waals surface area contributed by atoms with Crippen LogP contribution in [0.25, 0.3) is 0 Å². The zero-order valence-corrected chi connectivity index (χ0v) is 18.5. The Balaban J connectivity index is 0.00000364. The van der Waals surface area contributed by atoms with Gasteiger partial charge < -0.3 is 21.1 Å². The quantitative estimate of drug-likeness (QED) is 0.205. The van der Waals surface area contributed by atoms with Crippen molar-refractivity contribution < 1.29 is 9.53 Å². The largest absolute Gasteiger partial charge is 0.484 e. The third-order valence-electron chi connectivity index (χ3n) is 4.79. The lowest BCUT2D eigenvalue weighted by Gasteiger charge is -2.13. The molecule has 1 aliphatic carbocycles. The number of hydrogen-bond acceptors (Lipinski definition) is 3. The Hall–Kier alpha value is -1.51. The molecule has 27 heavy (non-hydrogen) atoms. The van der Waals surface area contributed by atoms with Gasteiger partial charge in [0.15, 0.2) is 12.6 Å². The van der Waals surface area contributed by atoms with Crippen LogP contribution in [0.5, 0.6) is 5.75 Å². The van der Waals surface area contributed by atoms with E-state index in [0.29, 0.717) is 5.75 Å². The van der Waals surface area contributed by atoms with Gasteiger partial charge in [-0.2, -0.15) is 0 Å². The van der Waals surface area contributed by atoms with Gasteiger partial charge in [0, 0.05) is 20.1 Å². The first-order chi connectivity index (χ1) is 12.7. The number of guanidine groups is 1. The molecule has 2 rings (SSSR count). The minimum atomic E-state index is -0.472. The summed E-state index contributed by atoms with van der Waals surface area (Å²) in [7, 11) is 1.80. The third kappa shape index (κ3) is 9.83. The van der Waals surface area contributed by atoms with Crippen molar-refractivity contribution >= 4 is 35.8 Å². The summed E-state index contributed by atoms with van der Waals surface area (Å²) in [5.74, 6) is 1.99. The van der Waals surface area contributed by atoms with Gasteiger partial charge in [-0.15, -0.1) is 24.0 Å². The second-order valence-electron chi connectivity index (χ2n) is 6.87. The number of nitrogens with two attached hydrogens (primary N) is 1. The molecule has 1 amide bonds. The first-order valence-corrected chi connectivity index (χ1v) is 9.62. The van der Waals surface area contributed by atoms with Gasteiger partial charge in [0.2, 0.25) is 0 Å². The highest BCUT2D eigenvalue weighted by molar-refractivity contribution is 14.0. The average molecular weight is 488 g/mol. The Morgan fingerprint density at radius 2 is 1.85 bits per heavy atom. The van der Waals surface area contributed by atoms with Crippen molar-refractivity contribution in [3.63, 3.8) is 0 Å². The van der Waals surface area contributed by atoms with Crippen LogP contribution >= 0.6 is 24.0 Å². The van der Waals surface area contributed by atoms with E-state index < -0.39 is 5.91 Å². The third-order valence-corrected chi connectivity index (χ3v) is 4.79. The summed E-state index contributed by atoms with van der Waals surface area (Å²) in [4.78, 5) is 15.0. The monoisotopic (exact) mass is 488 g/mol. The Labute approximate surface area is 179 Å². The van der Waals surface area contributed by atoms with Crippen LogP contribution in [0.1, 0.15) is 44.1 Å². The second kappa shape index (κ2) is 13.6. The van der Waals surface area contributed by atoms with Gasteiger partial charge in [-0.05, 0) is 42.9 Å². The van der Waals surface area contributed by atoms with E-state index in [2.05, 4.69) is 15.6 Å². The fourth-order valence-electron chi connectivity index (χ4n) is 3.35. The number of ether oxygens (including phenoxy) is 1. The molecule has 1 saturated carbocycles. The maximum atomic E-state index is 10.7. The maximum Gasteiger partial charge on any atom is 0.255 e. The lowest BCUT2D eigenvalue weighted by atomic mass is 10.0. The molecule has 0 heterocycles. The van der Waals surface area contributed by atoms with E-state index in [-0.39, 0.29) is 30.6 Å². The van der Waals surface area contributed by atoms with Gasteiger partial charge in [0.1, 0.15) is 5.75 Å². The number of rotatable bonds is 10. The molecule has 0 aliphatic heterocycles. The van der Waals surface area contributed by atoms with Crippen LogP contribution in [-0.4, -0.2) is 38.6 Å². The number of halogens is 1. The smallest absolute Gasteiger partial charge is 0.255 e. The van der Waals surface area contributed by atoms with Crippen molar-refractivity contribution in [3.8, 4) is 5.75 Å². The topological polar surface area (TPSA) is 88.7 Å². The fraction of sp³-hybridized carbons (Fsp3) is 0.600. The van der Waals surface area contributed by atoms with Crippen molar-refractivity contribution in [1.82, 2.24) is 10.6 Å². The Bertz CT molecular complexity index is 572. The first-order valence-electron chi connectivity index (χ1n) is 9.62. The summed E-state index contributed by atoms with van der Waals surface area (Å²) in [5.41, 5.74) is 6.26. The van der Waals surface area contributed by atoms with Crippen LogP contribution in [0.15, 0.2) is 29.3 Å². The molecular formula is C20H33IN4O2. The number of carbonyl (C=O) groups excluding carboxylic acids is 1. The standard InChI is InChI=1S/C20H32N4O2.HI/c1-22-20(23-13-4-7-16-5-2-3-6-16)24-14-12-17-8-10-18(11-9-17)26-15-19(21)25;/h8-11,16H,2-7,12-15H2,1H3,(H2,21,25)(H2,22,23,24);1H. The molecule has 0 saturated heterocycles. The Morgan fingerprint density at radius 1 is 1.19 bits per heavy atom. The number of amides is 1. The Kier molecular flexibility index (Phi) is 11.9. The van der Waals surface area contributed by atoms with E-state index in [1.54, 1.807) is 7.05 Å². The number of benzene rings is 1. The molecule has 4 N–H and O–H groups in total. The molecule has 1 aromatic rings. The van der Waals surface area contributed by atoms with Gasteiger partial charge in [-0.3, -0.25) is 9.79 Å². The van der Waals surface area contributed by atoms with E-state index in [4.69, 9.17) is 10.5 Å². The van der Waals surface area contributed by atoms with Crippen LogP contribution < -0.4 is 21.1 Å². The fourth-order valence-corrected chi connectivity index (χ4v) is 3.35. The van der Waals surface area contributed by atoms with Crippen molar-refractivity contribution in [2.24, 2.45) is 16.6 Å². The SMILES string of the molecule is CN=C(NCCCC1CCCC1)NCCc1ccc(OCC(N)=O)cc1.I. The summed E-state index contributed by atoms with van der Waals surface area (Å²) >= 11 is 0. The number of nitrogens with zero attached hydrogens (tertiary/aromatic N) is 1. The van der Waals surface area contributed by atoms with E-state index in [9.17, 15) is 4.79 Å². The molecule has 1 fully saturated rings. The van der Waals surface area contributed by atoms with E-state index in [1.165, 1.54) is 44.1 Å². The lowest BCUT2D eigenvalue weighted by molar-refractivity contribution is -0.119. The molecule has 0 unspecified atom stereocenters. The first kappa shape index (κ1) is 23.5. The summed E-state index contributed by atoms with van der Waals surface area (Å²) in [6.45, 7) is 1.69. The molecule has 1 aliphatic rings. The highest BCUT2D eigenvalue weighted by Gasteiger charge is 2.13. The summed E-state index contributed by atoms with van der Waals surface area (Å²) in [6, 6.07) is 7.70. The zero-order chi connectivity index (χ0) is 18.6. The summed E-state index contributed by atoms with van der Waals surface area (Å²) in [5, 5.41) is 6.74. The van der Waals surface area contributed by atoms with Crippen LogP contribution in [0.2, 0.25) is 0 Å². The summed E-state index contributed by atoms with van der Waals surface area (Å²) in [6.07, 6.45) is 9.09. The highest BCUT2D eigenvalue weighted by atomic mass is 127. The van der Waals surface area contributed by atoms with E-state index in [1.807, 2.05) is 24.3 Å². The van der Waals surface area contributed by atoms with Crippen LogP contribution in [0.3, 0.4) is 0 Å². The van der Waals surface area contributed by atoms with Crippen molar-refractivity contribution in [2.45, 2.75) is 44.9 Å². The number of carbonyl (C=O) groups is 1. The number of nitrogens with one attached hydrogen (secondary N) is 2. The number of hydrogen-bond donors (Lipinski definition) is 3. The van der Waals surface area contributed by atoms with Gasteiger partial charge in [0.25, 0.3) is 5.91 Å². The van der Waals surface area contributed by atoms with E-state index >= 15 is 0 Å². The van der Waals surface area contributed by atoms with Gasteiger partial charge in [0.05, 0.1) is 0 Å². The van der Waals surface area contributed by atoms with Gasteiger partial charge >= 0.3 is 0 Å². The molecule has 7 heteroatoms. The Morgan fingerprint density at radius 3 is 2.48 bits per heavy atom. The molecule has 0 spiro atoms. The van der Waals surface area contributed by atoms with Crippen molar-refractivity contribution in [1.29, 1.82) is 0 Å². The summed E-state index contributed by atoms with van der Waals surface area (Å²) < 4.78 is 5.25. The molecular weight excluding hydrogens is 455 g/mol. The van der Waals surface area contributed by atoms with Crippen molar-refractivity contribution in [2.75, 3.05) is 26.7 Å². The van der Waals surface area contributed by atoms with Gasteiger partial charge in [-0.25, -0.2) is 0 Å². The number of aliphatic imine (C=N–C) groups is 1. The van der Waals surface area contributed by atoms with Crippen LogP contribution in [0.4, 0.5) is 0 Å². The second-order valence-corrected chi connectivity index (χ2v) is 6.87. The molecule has 6 nitrogen and oxygen atoms in total. The van der Waals surface area contributed by atoms with Crippen LogP contribution in [-0.2, 0) is 11.2 Å². The maximum absolute atomic E-state index is 10.7. The highest BCUT2D eigenvalue weighted by Crippen LogP contribution is 2.28. The predicted molar refractivity (Wildman–Crippen MR) is 121 cm³/mol.